The zero-order valence-corrected chi connectivity index (χ0v) is 13.9. The lowest BCUT2D eigenvalue weighted by Crippen LogP contribution is -2.42. The van der Waals surface area contributed by atoms with Crippen molar-refractivity contribution in [2.24, 2.45) is 11.8 Å². The lowest BCUT2D eigenvalue weighted by atomic mass is 10.0. The largest absolute Gasteiger partial charge is 0.335 e. The first-order chi connectivity index (χ1) is 9.94. The Labute approximate surface area is 128 Å². The van der Waals surface area contributed by atoms with E-state index < -0.39 is 0 Å². The fourth-order valence-electron chi connectivity index (χ4n) is 2.64. The van der Waals surface area contributed by atoms with Crippen molar-refractivity contribution in [3.63, 3.8) is 0 Å². The Balaban J connectivity index is 3.15. The molecule has 4 nitrogen and oxygen atoms in total. The van der Waals surface area contributed by atoms with Crippen LogP contribution in [0.25, 0.3) is 0 Å². The summed E-state index contributed by atoms with van der Waals surface area (Å²) in [4.78, 5) is 15.0. The van der Waals surface area contributed by atoms with Crippen molar-refractivity contribution in [3.05, 3.63) is 29.3 Å². The number of carbonyl (C=O) groups is 1. The molecule has 0 aliphatic rings. The van der Waals surface area contributed by atoms with Crippen LogP contribution in [0.15, 0.2) is 18.2 Å². The van der Waals surface area contributed by atoms with Crippen LogP contribution >= 0.6 is 0 Å². The normalized spacial score (nSPS) is 11.0. The first-order valence-corrected chi connectivity index (χ1v) is 7.82. The zero-order chi connectivity index (χ0) is 16.0. The van der Waals surface area contributed by atoms with Gasteiger partial charge < -0.3 is 10.3 Å². The van der Waals surface area contributed by atoms with E-state index in [1.165, 1.54) is 0 Å². The van der Waals surface area contributed by atoms with E-state index in [9.17, 15) is 4.79 Å². The Morgan fingerprint density at radius 3 is 2.38 bits per heavy atom. The molecule has 0 aliphatic heterocycles. The quantitative estimate of drug-likeness (QED) is 0.596. The number of aryl methyl sites for hydroxylation is 1. The summed E-state index contributed by atoms with van der Waals surface area (Å²) in [5.74, 6) is 6.08. The Bertz CT molecular complexity index is 467. The number of carbonyl (C=O) groups excluding carboxylic acids is 1. The van der Waals surface area contributed by atoms with Gasteiger partial charge in [-0.05, 0) is 43.4 Å². The molecule has 0 radical (unpaired) electrons. The fourth-order valence-corrected chi connectivity index (χ4v) is 2.64. The Kier molecular flexibility index (Phi) is 6.69. The zero-order valence-electron chi connectivity index (χ0n) is 13.9. The molecule has 0 atom stereocenters. The van der Waals surface area contributed by atoms with Crippen molar-refractivity contribution in [2.75, 3.05) is 12.0 Å². The van der Waals surface area contributed by atoms with Gasteiger partial charge in [0.25, 0.3) is 5.91 Å². The Morgan fingerprint density at radius 2 is 1.90 bits per heavy atom. The molecule has 0 saturated heterocycles. The molecule has 0 unspecified atom stereocenters. The third-order valence-electron chi connectivity index (χ3n) is 3.77. The van der Waals surface area contributed by atoms with E-state index in [0.29, 0.717) is 17.2 Å². The molecule has 0 saturated carbocycles. The summed E-state index contributed by atoms with van der Waals surface area (Å²) >= 11 is 0. The van der Waals surface area contributed by atoms with Crippen molar-refractivity contribution < 1.29 is 4.79 Å². The van der Waals surface area contributed by atoms with E-state index in [4.69, 9.17) is 5.84 Å². The summed E-state index contributed by atoms with van der Waals surface area (Å²) in [6, 6.07) is 6.00. The second-order valence-corrected chi connectivity index (χ2v) is 6.02. The van der Waals surface area contributed by atoms with Gasteiger partial charge in [-0.1, -0.05) is 33.8 Å². The second-order valence-electron chi connectivity index (χ2n) is 6.02. The number of rotatable bonds is 7. The van der Waals surface area contributed by atoms with Crippen LogP contribution in [0.1, 0.15) is 56.5 Å². The maximum Gasteiger partial charge on any atom is 0.256 e. The smallest absolute Gasteiger partial charge is 0.256 e. The number of anilines is 1. The van der Waals surface area contributed by atoms with Crippen molar-refractivity contribution in [3.8, 4) is 0 Å². The maximum absolute atomic E-state index is 13.0. The summed E-state index contributed by atoms with van der Waals surface area (Å²) < 4.78 is 0. The molecule has 0 fully saturated rings. The molecule has 4 heteroatoms. The molecule has 0 aliphatic carbocycles. The first-order valence-electron chi connectivity index (χ1n) is 7.82. The van der Waals surface area contributed by atoms with Crippen LogP contribution in [0.4, 0.5) is 5.69 Å². The van der Waals surface area contributed by atoms with Gasteiger partial charge in [-0.3, -0.25) is 10.6 Å². The SMILES string of the molecule is CCC(CC)N(CC(C)C)C(=O)c1ccc(C)cc1NN. The molecule has 0 spiro atoms. The molecule has 3 N–H and O–H groups in total. The standard InChI is InChI=1S/C17H29N3O/c1-6-14(7-2)20(11-12(3)4)17(21)15-9-8-13(5)10-16(15)19-18/h8-10,12,14,19H,6-7,11,18H2,1-5H3. The predicted molar refractivity (Wildman–Crippen MR) is 89.2 cm³/mol. The van der Waals surface area contributed by atoms with Gasteiger partial charge in [0.05, 0.1) is 11.3 Å². The van der Waals surface area contributed by atoms with Gasteiger partial charge in [0.1, 0.15) is 0 Å². The molecule has 0 aromatic heterocycles. The topological polar surface area (TPSA) is 58.4 Å². The number of nitrogens with one attached hydrogen (secondary N) is 1. The molecule has 1 aromatic rings. The van der Waals surface area contributed by atoms with Gasteiger partial charge in [-0.15, -0.1) is 0 Å². The van der Waals surface area contributed by atoms with Gasteiger partial charge in [-0.2, -0.15) is 0 Å². The second kappa shape index (κ2) is 8.03. The Morgan fingerprint density at radius 1 is 1.29 bits per heavy atom. The van der Waals surface area contributed by atoms with E-state index >= 15 is 0 Å². The third-order valence-corrected chi connectivity index (χ3v) is 3.77. The molecule has 118 valence electrons. The highest BCUT2D eigenvalue weighted by molar-refractivity contribution is 5.99. The minimum Gasteiger partial charge on any atom is -0.335 e. The van der Waals surface area contributed by atoms with Gasteiger partial charge in [0, 0.05) is 12.6 Å². The molecule has 1 aromatic carbocycles. The van der Waals surface area contributed by atoms with Crippen molar-refractivity contribution in [2.45, 2.75) is 53.5 Å². The number of hydrogen-bond acceptors (Lipinski definition) is 3. The van der Waals surface area contributed by atoms with E-state index in [0.717, 1.165) is 24.9 Å². The summed E-state index contributed by atoms with van der Waals surface area (Å²) in [7, 11) is 0. The van der Waals surface area contributed by atoms with E-state index in [2.05, 4.69) is 33.1 Å². The number of amides is 1. The highest BCUT2D eigenvalue weighted by atomic mass is 16.2. The van der Waals surface area contributed by atoms with Gasteiger partial charge in [0.15, 0.2) is 0 Å². The van der Waals surface area contributed by atoms with Crippen LogP contribution in [0, 0.1) is 12.8 Å². The number of nitrogens with zero attached hydrogens (tertiary/aromatic N) is 1. The van der Waals surface area contributed by atoms with E-state index in [1.54, 1.807) is 0 Å². The number of nitrogens with two attached hydrogens (primary N) is 1. The predicted octanol–water partition coefficient (Wildman–Crippen LogP) is 3.57. The minimum atomic E-state index is 0.0605. The van der Waals surface area contributed by atoms with Crippen LogP contribution in [0.3, 0.4) is 0 Å². The molecule has 1 amide bonds. The van der Waals surface area contributed by atoms with Crippen LogP contribution < -0.4 is 11.3 Å². The highest BCUT2D eigenvalue weighted by Crippen LogP contribution is 2.22. The third kappa shape index (κ3) is 4.46. The molecule has 0 heterocycles. The van der Waals surface area contributed by atoms with Crippen LogP contribution in [-0.2, 0) is 0 Å². The van der Waals surface area contributed by atoms with Crippen molar-refractivity contribution >= 4 is 11.6 Å². The number of hydrogen-bond donors (Lipinski definition) is 2. The minimum absolute atomic E-state index is 0.0605. The summed E-state index contributed by atoms with van der Waals surface area (Å²) in [5.41, 5.74) is 5.08. The highest BCUT2D eigenvalue weighted by Gasteiger charge is 2.24. The number of nitrogen functional groups attached to an aromatic ring is 1. The first kappa shape index (κ1) is 17.5. The molecular weight excluding hydrogens is 262 g/mol. The molecule has 1 rings (SSSR count). The monoisotopic (exact) mass is 291 g/mol. The average Bonchev–Trinajstić information content (AvgIpc) is 2.46. The van der Waals surface area contributed by atoms with Gasteiger partial charge in [-0.25, -0.2) is 0 Å². The number of hydrazine groups is 1. The average molecular weight is 291 g/mol. The lowest BCUT2D eigenvalue weighted by molar-refractivity contribution is 0.0641. The van der Waals surface area contributed by atoms with Gasteiger partial charge in [0.2, 0.25) is 0 Å². The van der Waals surface area contributed by atoms with Crippen LogP contribution in [0.2, 0.25) is 0 Å². The van der Waals surface area contributed by atoms with E-state index in [1.807, 2.05) is 30.0 Å². The Hall–Kier alpha value is -1.55. The number of benzene rings is 1. The molecule has 0 bridgehead atoms. The fraction of sp³-hybridized carbons (Fsp3) is 0.588. The lowest BCUT2D eigenvalue weighted by Gasteiger charge is -2.32. The van der Waals surface area contributed by atoms with Crippen molar-refractivity contribution in [1.82, 2.24) is 4.90 Å². The molecular formula is C17H29N3O. The molecule has 21 heavy (non-hydrogen) atoms. The van der Waals surface area contributed by atoms with E-state index in [-0.39, 0.29) is 11.9 Å². The summed E-state index contributed by atoms with van der Waals surface area (Å²) in [6.45, 7) is 11.3. The van der Waals surface area contributed by atoms with Crippen LogP contribution in [0.5, 0.6) is 0 Å². The van der Waals surface area contributed by atoms with Crippen molar-refractivity contribution in [1.29, 1.82) is 0 Å². The van der Waals surface area contributed by atoms with Crippen LogP contribution in [-0.4, -0.2) is 23.4 Å². The maximum atomic E-state index is 13.0. The summed E-state index contributed by atoms with van der Waals surface area (Å²) in [6.07, 6.45) is 1.93. The van der Waals surface area contributed by atoms with Gasteiger partial charge >= 0.3 is 0 Å². The summed E-state index contributed by atoms with van der Waals surface area (Å²) in [5, 5.41) is 0.